The maximum atomic E-state index is 12.6. The van der Waals surface area contributed by atoms with Crippen molar-refractivity contribution in [3.05, 3.63) is 98.9 Å². The van der Waals surface area contributed by atoms with Crippen molar-refractivity contribution in [2.45, 2.75) is 13.8 Å². The molecule has 0 fully saturated rings. The fourth-order valence-corrected chi connectivity index (χ4v) is 3.33. The number of carbonyl (C=O) groups is 1. The largest absolute Gasteiger partial charge is 0.423 e. The summed E-state index contributed by atoms with van der Waals surface area (Å²) in [6.07, 6.45) is 0. The molecule has 0 spiro atoms. The number of benzene rings is 3. The fraction of sp³-hybridized carbons (Fsp3) is 0.0833. The van der Waals surface area contributed by atoms with Crippen LogP contribution in [0.25, 0.3) is 22.1 Å². The van der Waals surface area contributed by atoms with Crippen molar-refractivity contribution >= 4 is 28.5 Å². The maximum Gasteiger partial charge on any atom is 0.344 e. The zero-order chi connectivity index (χ0) is 20.5. The predicted octanol–water partition coefficient (Wildman–Crippen LogP) is 5.95. The van der Waals surface area contributed by atoms with Gasteiger partial charge in [0.2, 0.25) is 0 Å². The molecule has 0 bridgehead atoms. The van der Waals surface area contributed by atoms with Gasteiger partial charge in [0.25, 0.3) is 0 Å². The minimum Gasteiger partial charge on any atom is -0.423 e. The highest BCUT2D eigenvalue weighted by atomic mass is 35.5. The summed E-state index contributed by atoms with van der Waals surface area (Å²) in [7, 11) is 0. The number of halogens is 1. The van der Waals surface area contributed by atoms with Gasteiger partial charge < -0.3 is 9.15 Å². The molecule has 144 valence electrons. The minimum atomic E-state index is -0.471. The molecule has 1 heterocycles. The fourth-order valence-electron chi connectivity index (χ4n) is 3.21. The summed E-state index contributed by atoms with van der Waals surface area (Å²) in [6, 6.07) is 19.2. The Balaban J connectivity index is 1.71. The Kier molecular flexibility index (Phi) is 4.95. The average molecular weight is 405 g/mol. The highest BCUT2D eigenvalue weighted by Gasteiger charge is 2.15. The van der Waals surface area contributed by atoms with Crippen LogP contribution in [0.5, 0.6) is 5.75 Å². The number of fused-ring (bicyclic) bond motifs is 1. The van der Waals surface area contributed by atoms with Crippen LogP contribution in [-0.4, -0.2) is 5.97 Å². The standard InChI is InChI=1S/C24H17ClO4/c1-14-3-5-17(6-4-14)23(26)28-19-11-12-20-15(2)22(24(27)29-21(20)13-19)16-7-9-18(25)10-8-16/h3-13H,1-2H3. The lowest BCUT2D eigenvalue weighted by Crippen LogP contribution is -2.09. The van der Waals surface area contributed by atoms with E-state index in [0.717, 1.165) is 22.1 Å². The first-order valence-corrected chi connectivity index (χ1v) is 9.42. The number of rotatable bonds is 3. The molecule has 0 saturated heterocycles. The summed E-state index contributed by atoms with van der Waals surface area (Å²) < 4.78 is 11.0. The molecular formula is C24H17ClO4. The van der Waals surface area contributed by atoms with Crippen molar-refractivity contribution in [3.8, 4) is 16.9 Å². The predicted molar refractivity (Wildman–Crippen MR) is 114 cm³/mol. The Morgan fingerprint density at radius 3 is 2.31 bits per heavy atom. The van der Waals surface area contributed by atoms with Gasteiger partial charge in [-0.25, -0.2) is 9.59 Å². The quantitative estimate of drug-likeness (QED) is 0.240. The minimum absolute atomic E-state index is 0.310. The summed E-state index contributed by atoms with van der Waals surface area (Å²) in [4.78, 5) is 25.0. The third kappa shape index (κ3) is 3.80. The van der Waals surface area contributed by atoms with Gasteiger partial charge in [-0.3, -0.25) is 0 Å². The number of carbonyl (C=O) groups excluding carboxylic acids is 1. The van der Waals surface area contributed by atoms with E-state index in [2.05, 4.69) is 0 Å². The Morgan fingerprint density at radius 2 is 1.62 bits per heavy atom. The smallest absolute Gasteiger partial charge is 0.344 e. The van der Waals surface area contributed by atoms with Crippen molar-refractivity contribution in [3.63, 3.8) is 0 Å². The van der Waals surface area contributed by atoms with Crippen LogP contribution in [0.2, 0.25) is 5.02 Å². The summed E-state index contributed by atoms with van der Waals surface area (Å²) in [6.45, 7) is 3.81. The third-order valence-corrected chi connectivity index (χ3v) is 5.02. The highest BCUT2D eigenvalue weighted by molar-refractivity contribution is 6.30. The van der Waals surface area contributed by atoms with Gasteiger partial charge in [0.15, 0.2) is 0 Å². The van der Waals surface area contributed by atoms with Crippen molar-refractivity contribution in [1.29, 1.82) is 0 Å². The van der Waals surface area contributed by atoms with Crippen molar-refractivity contribution in [2.24, 2.45) is 0 Å². The van der Waals surface area contributed by atoms with Crippen LogP contribution in [0.1, 0.15) is 21.5 Å². The number of hydrogen-bond acceptors (Lipinski definition) is 4. The van der Waals surface area contributed by atoms with E-state index in [4.69, 9.17) is 20.8 Å². The molecule has 4 aromatic rings. The SMILES string of the molecule is Cc1ccc(C(=O)Oc2ccc3c(C)c(-c4ccc(Cl)cc4)c(=O)oc3c2)cc1. The van der Waals surface area contributed by atoms with Gasteiger partial charge in [-0.2, -0.15) is 0 Å². The molecule has 0 aliphatic heterocycles. The Bertz CT molecular complexity index is 1270. The van der Waals surface area contributed by atoms with E-state index in [9.17, 15) is 9.59 Å². The van der Waals surface area contributed by atoms with Gasteiger partial charge in [-0.05, 0) is 61.4 Å². The monoisotopic (exact) mass is 404 g/mol. The van der Waals surface area contributed by atoms with E-state index >= 15 is 0 Å². The first-order chi connectivity index (χ1) is 13.9. The molecule has 4 rings (SSSR count). The second-order valence-electron chi connectivity index (χ2n) is 6.81. The molecule has 0 N–H and O–H groups in total. The number of ether oxygens (including phenoxy) is 1. The lowest BCUT2D eigenvalue weighted by Gasteiger charge is -2.10. The van der Waals surface area contributed by atoms with Gasteiger partial charge in [0, 0.05) is 16.5 Å². The number of hydrogen-bond donors (Lipinski definition) is 0. The molecule has 29 heavy (non-hydrogen) atoms. The van der Waals surface area contributed by atoms with Crippen LogP contribution in [0.4, 0.5) is 0 Å². The van der Waals surface area contributed by atoms with E-state index < -0.39 is 11.6 Å². The second kappa shape index (κ2) is 7.57. The molecule has 0 unspecified atom stereocenters. The van der Waals surface area contributed by atoms with Crippen molar-refractivity contribution in [1.82, 2.24) is 0 Å². The van der Waals surface area contributed by atoms with Crippen LogP contribution in [0, 0.1) is 13.8 Å². The molecule has 0 radical (unpaired) electrons. The first kappa shape index (κ1) is 19.0. The summed E-state index contributed by atoms with van der Waals surface area (Å²) >= 11 is 5.94. The van der Waals surface area contributed by atoms with Crippen molar-refractivity contribution in [2.75, 3.05) is 0 Å². The highest BCUT2D eigenvalue weighted by Crippen LogP contribution is 2.29. The van der Waals surface area contributed by atoms with E-state index in [-0.39, 0.29) is 0 Å². The molecule has 0 aliphatic rings. The zero-order valence-corrected chi connectivity index (χ0v) is 16.6. The van der Waals surface area contributed by atoms with Gasteiger partial charge >= 0.3 is 11.6 Å². The van der Waals surface area contributed by atoms with Crippen molar-refractivity contribution < 1.29 is 13.9 Å². The van der Waals surface area contributed by atoms with Crippen LogP contribution in [0.15, 0.2) is 75.9 Å². The summed E-state index contributed by atoms with van der Waals surface area (Å²) in [5.74, 6) is -0.161. The maximum absolute atomic E-state index is 12.6. The number of aryl methyl sites for hydroxylation is 2. The molecule has 3 aromatic carbocycles. The third-order valence-electron chi connectivity index (χ3n) is 4.77. The van der Waals surface area contributed by atoms with Crippen LogP contribution in [0.3, 0.4) is 0 Å². The van der Waals surface area contributed by atoms with Gasteiger partial charge in [0.1, 0.15) is 11.3 Å². The van der Waals surface area contributed by atoms with E-state index in [1.54, 1.807) is 54.6 Å². The normalized spacial score (nSPS) is 10.9. The summed E-state index contributed by atoms with van der Waals surface area (Å²) in [5, 5.41) is 1.36. The Labute approximate surface area is 172 Å². The molecule has 1 aromatic heterocycles. The Morgan fingerprint density at radius 1 is 0.931 bits per heavy atom. The topological polar surface area (TPSA) is 56.5 Å². The van der Waals surface area contributed by atoms with E-state index in [1.807, 2.05) is 26.0 Å². The molecule has 0 saturated carbocycles. The van der Waals surface area contributed by atoms with Gasteiger partial charge in [0.05, 0.1) is 11.1 Å². The van der Waals surface area contributed by atoms with Gasteiger partial charge in [-0.1, -0.05) is 41.4 Å². The lowest BCUT2D eigenvalue weighted by molar-refractivity contribution is 0.0735. The summed E-state index contributed by atoms with van der Waals surface area (Å²) in [5.41, 5.74) is 3.41. The van der Waals surface area contributed by atoms with Crippen LogP contribution < -0.4 is 10.4 Å². The first-order valence-electron chi connectivity index (χ1n) is 9.04. The zero-order valence-electron chi connectivity index (χ0n) is 15.9. The average Bonchev–Trinajstić information content (AvgIpc) is 2.69. The lowest BCUT2D eigenvalue weighted by atomic mass is 10.00. The van der Waals surface area contributed by atoms with Crippen LogP contribution >= 0.6 is 11.6 Å². The molecule has 0 amide bonds. The van der Waals surface area contributed by atoms with E-state index in [1.165, 1.54) is 0 Å². The second-order valence-corrected chi connectivity index (χ2v) is 7.25. The molecule has 5 heteroatoms. The Hall–Kier alpha value is -3.37. The molecule has 4 nitrogen and oxygen atoms in total. The molecule has 0 aliphatic carbocycles. The van der Waals surface area contributed by atoms with E-state index in [0.29, 0.717) is 27.5 Å². The van der Waals surface area contributed by atoms with Gasteiger partial charge in [-0.15, -0.1) is 0 Å². The molecule has 0 atom stereocenters. The molecular weight excluding hydrogens is 388 g/mol. The van der Waals surface area contributed by atoms with Crippen LogP contribution in [-0.2, 0) is 0 Å². The number of esters is 1.